The van der Waals surface area contributed by atoms with Crippen molar-refractivity contribution in [1.82, 2.24) is 5.01 Å². The van der Waals surface area contributed by atoms with Gasteiger partial charge in [-0.05, 0) is 65.8 Å². The van der Waals surface area contributed by atoms with Crippen molar-refractivity contribution >= 4 is 23.7 Å². The normalized spacial score (nSPS) is 26.1. The summed E-state index contributed by atoms with van der Waals surface area (Å²) in [5.74, 6) is 0.0423. The number of hydrogen-bond donors (Lipinski definition) is 0. The van der Waals surface area contributed by atoms with Gasteiger partial charge in [0.2, 0.25) is 0 Å². The Bertz CT molecular complexity index is 1080. The summed E-state index contributed by atoms with van der Waals surface area (Å²) in [6.45, 7) is 0.279. The van der Waals surface area contributed by atoms with Crippen molar-refractivity contribution in [2.45, 2.75) is 13.0 Å². The molecule has 4 unspecified atom stereocenters. The standard InChI is InChI=1S/C23H19N3O5/c27-22-20-16-5-6-17(11-16)21(20)23(28)25(22)24-12-14-3-9-19(10-4-14)31-13-15-1-7-18(8-2-15)26(29)30/h1-10,12,16-17,20-21H,11,13H2/b24-12+. The van der Waals surface area contributed by atoms with E-state index in [1.807, 2.05) is 0 Å². The Morgan fingerprint density at radius 2 is 1.61 bits per heavy atom. The van der Waals surface area contributed by atoms with Crippen LogP contribution in [0, 0.1) is 33.8 Å². The average molecular weight is 417 g/mol. The number of non-ortho nitro benzene ring substituents is 1. The maximum absolute atomic E-state index is 12.6. The van der Waals surface area contributed by atoms with Gasteiger partial charge in [0.1, 0.15) is 12.4 Å². The largest absolute Gasteiger partial charge is 0.489 e. The van der Waals surface area contributed by atoms with Crippen LogP contribution in [0.1, 0.15) is 17.5 Å². The molecule has 1 saturated carbocycles. The smallest absolute Gasteiger partial charge is 0.269 e. The number of nitro groups is 1. The van der Waals surface area contributed by atoms with Crippen LogP contribution in [-0.2, 0) is 16.2 Å². The zero-order chi connectivity index (χ0) is 21.5. The third-order valence-electron chi connectivity index (χ3n) is 6.20. The lowest BCUT2D eigenvalue weighted by Gasteiger charge is -2.13. The van der Waals surface area contributed by atoms with Gasteiger partial charge in [0.05, 0.1) is 23.0 Å². The van der Waals surface area contributed by atoms with Gasteiger partial charge in [-0.25, -0.2) is 0 Å². The van der Waals surface area contributed by atoms with Crippen molar-refractivity contribution in [2.75, 3.05) is 0 Å². The quantitative estimate of drug-likeness (QED) is 0.236. The van der Waals surface area contributed by atoms with Gasteiger partial charge in [-0.3, -0.25) is 19.7 Å². The Morgan fingerprint density at radius 1 is 1.00 bits per heavy atom. The van der Waals surface area contributed by atoms with Crippen LogP contribution in [0.15, 0.2) is 65.8 Å². The minimum Gasteiger partial charge on any atom is -0.489 e. The molecule has 4 atom stereocenters. The van der Waals surface area contributed by atoms with Crippen molar-refractivity contribution in [1.29, 1.82) is 0 Å². The van der Waals surface area contributed by atoms with E-state index < -0.39 is 4.92 Å². The third kappa shape index (κ3) is 3.39. The predicted molar refractivity (Wildman–Crippen MR) is 111 cm³/mol. The molecule has 0 spiro atoms. The van der Waals surface area contributed by atoms with Gasteiger partial charge in [-0.2, -0.15) is 10.1 Å². The van der Waals surface area contributed by atoms with Crippen molar-refractivity contribution in [3.8, 4) is 5.75 Å². The summed E-state index contributed by atoms with van der Waals surface area (Å²) >= 11 is 0. The lowest BCUT2D eigenvalue weighted by Crippen LogP contribution is -2.28. The Hall–Kier alpha value is -3.81. The number of rotatable bonds is 6. The second kappa shape index (κ2) is 7.46. The number of carbonyl (C=O) groups is 2. The number of allylic oxidation sites excluding steroid dienone is 2. The maximum atomic E-state index is 12.6. The highest BCUT2D eigenvalue weighted by atomic mass is 16.6. The van der Waals surface area contributed by atoms with Crippen molar-refractivity contribution in [3.05, 3.63) is 81.9 Å². The summed E-state index contributed by atoms with van der Waals surface area (Å²) in [7, 11) is 0. The van der Waals surface area contributed by atoms with E-state index in [0.29, 0.717) is 5.75 Å². The maximum Gasteiger partial charge on any atom is 0.269 e. The van der Waals surface area contributed by atoms with E-state index in [0.717, 1.165) is 22.6 Å². The van der Waals surface area contributed by atoms with E-state index in [1.165, 1.54) is 18.3 Å². The molecule has 1 aliphatic heterocycles. The summed E-state index contributed by atoms with van der Waals surface area (Å²) in [6, 6.07) is 13.3. The number of benzene rings is 2. The van der Waals surface area contributed by atoms with Crippen LogP contribution in [0.4, 0.5) is 5.69 Å². The van der Waals surface area contributed by atoms with E-state index in [1.54, 1.807) is 36.4 Å². The molecule has 2 aromatic rings. The van der Waals surface area contributed by atoms with Gasteiger partial charge in [0, 0.05) is 12.1 Å². The van der Waals surface area contributed by atoms with Gasteiger partial charge >= 0.3 is 0 Å². The first-order chi connectivity index (χ1) is 15.0. The van der Waals surface area contributed by atoms with E-state index in [9.17, 15) is 19.7 Å². The molecule has 3 aliphatic rings. The highest BCUT2D eigenvalue weighted by Gasteiger charge is 2.59. The number of imide groups is 1. The van der Waals surface area contributed by atoms with E-state index in [2.05, 4.69) is 17.3 Å². The number of hydrogen-bond acceptors (Lipinski definition) is 6. The van der Waals surface area contributed by atoms with Gasteiger partial charge < -0.3 is 4.74 Å². The first kappa shape index (κ1) is 19.2. The van der Waals surface area contributed by atoms with Gasteiger partial charge in [-0.1, -0.05) is 12.2 Å². The summed E-state index contributed by atoms with van der Waals surface area (Å²) in [4.78, 5) is 35.5. The monoisotopic (exact) mass is 417 g/mol. The number of nitrogens with zero attached hydrogens (tertiary/aromatic N) is 3. The Morgan fingerprint density at radius 3 is 2.19 bits per heavy atom. The fourth-order valence-corrected chi connectivity index (χ4v) is 4.66. The van der Waals surface area contributed by atoms with Crippen LogP contribution in [0.25, 0.3) is 0 Å². The molecule has 2 amide bonds. The molecule has 5 rings (SSSR count). The van der Waals surface area contributed by atoms with E-state index in [-0.39, 0.29) is 47.8 Å². The Kier molecular flexibility index (Phi) is 4.62. The zero-order valence-corrected chi connectivity index (χ0v) is 16.5. The number of fused-ring (bicyclic) bond motifs is 5. The fourth-order valence-electron chi connectivity index (χ4n) is 4.66. The van der Waals surface area contributed by atoms with Crippen molar-refractivity contribution < 1.29 is 19.2 Å². The topological polar surface area (TPSA) is 102 Å². The van der Waals surface area contributed by atoms with Crippen LogP contribution in [0.2, 0.25) is 0 Å². The average Bonchev–Trinajstić information content (AvgIpc) is 3.46. The lowest BCUT2D eigenvalue weighted by molar-refractivity contribution is -0.384. The Labute approximate surface area is 178 Å². The number of hydrazone groups is 1. The molecule has 0 radical (unpaired) electrons. The van der Waals surface area contributed by atoms with Crippen LogP contribution >= 0.6 is 0 Å². The van der Waals surface area contributed by atoms with E-state index in [4.69, 9.17) is 4.74 Å². The molecule has 0 N–H and O–H groups in total. The molecule has 2 bridgehead atoms. The first-order valence-corrected chi connectivity index (χ1v) is 10.1. The van der Waals surface area contributed by atoms with Crippen molar-refractivity contribution in [3.63, 3.8) is 0 Å². The lowest BCUT2D eigenvalue weighted by atomic mass is 9.85. The van der Waals surface area contributed by atoms with Crippen LogP contribution < -0.4 is 4.74 Å². The number of nitro benzene ring substituents is 1. The second-order valence-corrected chi connectivity index (χ2v) is 8.01. The molecule has 31 heavy (non-hydrogen) atoms. The molecule has 8 heteroatoms. The fraction of sp³-hybridized carbons (Fsp3) is 0.261. The first-order valence-electron chi connectivity index (χ1n) is 10.1. The predicted octanol–water partition coefficient (Wildman–Crippen LogP) is 3.31. The van der Waals surface area contributed by atoms with Crippen LogP contribution in [0.3, 0.4) is 0 Å². The molecule has 156 valence electrons. The number of ether oxygens (including phenoxy) is 1. The molecule has 8 nitrogen and oxygen atoms in total. The molecule has 1 saturated heterocycles. The molecule has 2 aliphatic carbocycles. The highest BCUT2D eigenvalue weighted by molar-refractivity contribution is 6.06. The summed E-state index contributed by atoms with van der Waals surface area (Å²) in [5.41, 5.74) is 1.59. The molecular weight excluding hydrogens is 398 g/mol. The molecule has 2 fully saturated rings. The highest BCUT2D eigenvalue weighted by Crippen LogP contribution is 2.52. The zero-order valence-electron chi connectivity index (χ0n) is 16.5. The summed E-state index contributed by atoms with van der Waals surface area (Å²) < 4.78 is 5.70. The summed E-state index contributed by atoms with van der Waals surface area (Å²) in [5, 5.41) is 15.9. The molecule has 2 aromatic carbocycles. The van der Waals surface area contributed by atoms with Crippen LogP contribution in [0.5, 0.6) is 5.75 Å². The van der Waals surface area contributed by atoms with Crippen molar-refractivity contribution in [2.24, 2.45) is 28.8 Å². The minimum atomic E-state index is -0.443. The SMILES string of the molecule is O=C1C2C3C=CC(C3)C2C(=O)N1/N=C/c1ccc(OCc2ccc([N+](=O)[O-])cc2)cc1. The van der Waals surface area contributed by atoms with Gasteiger partial charge in [0.25, 0.3) is 17.5 Å². The van der Waals surface area contributed by atoms with Gasteiger partial charge in [-0.15, -0.1) is 0 Å². The van der Waals surface area contributed by atoms with E-state index >= 15 is 0 Å². The summed E-state index contributed by atoms with van der Waals surface area (Å²) in [6.07, 6.45) is 6.51. The minimum absolute atomic E-state index is 0.0369. The molecular formula is C23H19N3O5. The second-order valence-electron chi connectivity index (χ2n) is 8.01. The molecule has 1 heterocycles. The number of amides is 2. The van der Waals surface area contributed by atoms with Gasteiger partial charge in [0.15, 0.2) is 0 Å². The molecule has 0 aromatic heterocycles. The Balaban J connectivity index is 1.20. The van der Waals surface area contributed by atoms with Crippen LogP contribution in [-0.4, -0.2) is 28.0 Å². The third-order valence-corrected chi connectivity index (χ3v) is 6.20. The number of carbonyl (C=O) groups excluding carboxylic acids is 2.